The first-order valence-corrected chi connectivity index (χ1v) is 13.1. The van der Waals surface area contributed by atoms with Gasteiger partial charge in [-0.1, -0.05) is 7.43 Å². The van der Waals surface area contributed by atoms with Gasteiger partial charge in [-0.25, -0.2) is 0 Å². The highest BCUT2D eigenvalue weighted by Gasteiger charge is 2.09. The van der Waals surface area contributed by atoms with Crippen LogP contribution in [0.3, 0.4) is 0 Å². The van der Waals surface area contributed by atoms with Gasteiger partial charge in [-0.3, -0.25) is 4.79 Å². The molecule has 0 aromatic heterocycles. The van der Waals surface area contributed by atoms with E-state index in [1.807, 2.05) is 0 Å². The summed E-state index contributed by atoms with van der Waals surface area (Å²) in [5.74, 6) is 0.231. The van der Waals surface area contributed by atoms with Crippen molar-refractivity contribution in [2.45, 2.75) is 52.2 Å². The first-order valence-electron chi connectivity index (χ1n) is 6.79. The minimum absolute atomic E-state index is 0. The number of hydrogen-bond acceptors (Lipinski definition) is 5. The van der Waals surface area contributed by atoms with Crippen molar-refractivity contribution in [3.05, 3.63) is 0 Å². The van der Waals surface area contributed by atoms with E-state index in [0.29, 0.717) is 32.3 Å². The van der Waals surface area contributed by atoms with Crippen LogP contribution in [0, 0.1) is 0 Å². The van der Waals surface area contributed by atoms with Gasteiger partial charge in [0, 0.05) is 56.9 Å². The Bertz CT molecular complexity index is 207. The highest BCUT2D eigenvalue weighted by atomic mass is 128. The van der Waals surface area contributed by atoms with Crippen molar-refractivity contribution in [3.63, 3.8) is 0 Å². The summed E-state index contributed by atoms with van der Waals surface area (Å²) in [6.45, 7) is 5.37. The van der Waals surface area contributed by atoms with Crippen molar-refractivity contribution >= 4 is 43.0 Å². The number of carbonyl (C=O) groups excluding carboxylic acids is 1. The average Bonchev–Trinajstić information content (AvgIpc) is 3.19. The molecular weight excluding hydrogens is 502 g/mol. The van der Waals surface area contributed by atoms with Gasteiger partial charge >= 0.3 is 0 Å². The molecule has 21 heavy (non-hydrogen) atoms. The van der Waals surface area contributed by atoms with Gasteiger partial charge in [-0.05, 0) is 26.2 Å². The van der Waals surface area contributed by atoms with Crippen molar-refractivity contribution in [1.29, 1.82) is 0 Å². The van der Waals surface area contributed by atoms with Gasteiger partial charge in [-0.15, -0.1) is 0 Å². The van der Waals surface area contributed by atoms with Crippen molar-refractivity contribution in [2.24, 2.45) is 0 Å². The van der Waals surface area contributed by atoms with E-state index in [2.05, 4.69) is 44.2 Å². The highest BCUT2D eigenvalue weighted by molar-refractivity contribution is 15.0. The zero-order chi connectivity index (χ0) is 15.2. The fraction of sp³-hybridized carbons (Fsp3) is 0.929. The summed E-state index contributed by atoms with van der Waals surface area (Å²) >= 11 is 4.24. The van der Waals surface area contributed by atoms with Crippen molar-refractivity contribution < 1.29 is 24.1 Å². The van der Waals surface area contributed by atoms with Crippen molar-refractivity contribution in [2.75, 3.05) is 33.0 Å². The molecule has 0 aliphatic carbocycles. The van der Waals surface area contributed by atoms with Crippen LogP contribution in [-0.4, -0.2) is 56.1 Å². The molecule has 3 fully saturated rings. The van der Waals surface area contributed by atoms with Gasteiger partial charge < -0.3 is 19.3 Å². The van der Waals surface area contributed by atoms with Crippen LogP contribution in [0.4, 0.5) is 0 Å². The lowest BCUT2D eigenvalue weighted by Gasteiger charge is -1.94. The normalized spacial score (nSPS) is 26.4. The van der Waals surface area contributed by atoms with Gasteiger partial charge in [0.1, 0.15) is 6.61 Å². The number of aliphatic hydroxyl groups excluding tert-OH is 1. The Morgan fingerprint density at radius 3 is 2.00 bits per heavy atom. The Balaban J connectivity index is 0. The largest absolute Gasteiger partial charge is 0.391 e. The van der Waals surface area contributed by atoms with E-state index in [9.17, 15) is 4.79 Å². The molecular formula is C14H28I2O5. The van der Waals surface area contributed by atoms with E-state index in [-0.39, 0.29) is 19.3 Å². The van der Waals surface area contributed by atoms with Crippen LogP contribution < -0.4 is 0 Å². The highest BCUT2D eigenvalue weighted by Crippen LogP contribution is 2.09. The van der Waals surface area contributed by atoms with Crippen LogP contribution in [0.1, 0.15) is 40.0 Å². The molecule has 0 bridgehead atoms. The molecule has 3 aliphatic rings. The first kappa shape index (κ1) is 24.2. The number of rotatable bonds is 0. The lowest BCUT2D eigenvalue weighted by molar-refractivity contribution is -0.117. The predicted molar refractivity (Wildman–Crippen MR) is 101 cm³/mol. The van der Waals surface area contributed by atoms with E-state index in [1.54, 1.807) is 0 Å². The minimum atomic E-state index is -0.176. The fourth-order valence-corrected chi connectivity index (χ4v) is 1.70. The van der Waals surface area contributed by atoms with E-state index >= 15 is 0 Å². The molecule has 2 atom stereocenters. The summed E-state index contributed by atoms with van der Waals surface area (Å²) in [4.78, 5) is 10.1. The molecule has 1 N–H and O–H groups in total. The minimum Gasteiger partial charge on any atom is -0.391 e. The van der Waals surface area contributed by atoms with E-state index in [4.69, 9.17) is 19.3 Å². The molecule has 3 rings (SSSR count). The molecule has 5 nitrogen and oxygen atoms in total. The smallest absolute Gasteiger partial charge is 0.160 e. The second-order valence-electron chi connectivity index (χ2n) is 4.68. The van der Waals surface area contributed by atoms with Gasteiger partial charge in [0.25, 0.3) is 0 Å². The number of hydrogen-bond donors (Lipinski definition) is 1. The molecule has 3 heterocycles. The third-order valence-corrected chi connectivity index (χ3v) is 2.85. The number of ketones is 1. The Hall–Kier alpha value is 0.970. The van der Waals surface area contributed by atoms with Gasteiger partial charge in [0.15, 0.2) is 5.78 Å². The van der Waals surface area contributed by atoms with Crippen LogP contribution in [0.15, 0.2) is 0 Å². The molecule has 0 amide bonds. The van der Waals surface area contributed by atoms with E-state index in [0.717, 1.165) is 19.6 Å². The fourth-order valence-electron chi connectivity index (χ4n) is 1.70. The molecule has 2 unspecified atom stereocenters. The lowest BCUT2D eigenvalue weighted by Crippen LogP contribution is -2.02. The zero-order valence-electron chi connectivity index (χ0n) is 11.9. The van der Waals surface area contributed by atoms with Crippen LogP contribution in [0.2, 0.25) is 0 Å². The maximum Gasteiger partial charge on any atom is 0.160 e. The Morgan fingerprint density at radius 2 is 1.86 bits per heavy atom. The molecule has 0 aromatic rings. The van der Waals surface area contributed by atoms with Crippen LogP contribution >= 0.6 is 37.2 Å². The first-order chi connectivity index (χ1) is 9.68. The van der Waals surface area contributed by atoms with Crippen molar-refractivity contribution in [1.82, 2.24) is 0 Å². The summed E-state index contributed by atoms with van der Waals surface area (Å²) in [6.07, 6.45) is 4.34. The number of aliphatic hydroxyl groups is 1. The second kappa shape index (κ2) is 17.3. The standard InChI is InChI=1S/C5H10O.C4H8O2.C4H6O2.CH4.I2/c1-5-3-2-4-6-5;2*5-4-1-2-6-3-4;;1-2/h5H,2-4H2,1H3;4-5H,1-3H2;1-3H2;1H4;. The molecule has 0 aromatic carbocycles. The lowest BCUT2D eigenvalue weighted by atomic mass is 10.3. The quantitative estimate of drug-likeness (QED) is 0.488. The SMILES string of the molecule is C.CC1CCCO1.II.O=C1CCOC1.OC1CCOC1. The Labute approximate surface area is 151 Å². The second-order valence-corrected chi connectivity index (χ2v) is 4.68. The molecule has 0 radical (unpaired) electrons. The average molecular weight is 530 g/mol. The van der Waals surface area contributed by atoms with Gasteiger partial charge in [-0.2, -0.15) is 0 Å². The summed E-state index contributed by atoms with van der Waals surface area (Å²) in [5.41, 5.74) is 0. The topological polar surface area (TPSA) is 65.0 Å². The molecule has 128 valence electrons. The maximum absolute atomic E-state index is 10.1. The van der Waals surface area contributed by atoms with Crippen LogP contribution in [0.25, 0.3) is 0 Å². The maximum atomic E-state index is 10.1. The molecule has 7 heteroatoms. The number of ether oxygens (including phenoxy) is 3. The third kappa shape index (κ3) is 15.6. The third-order valence-electron chi connectivity index (χ3n) is 2.85. The number of halogens is 2. The summed E-state index contributed by atoms with van der Waals surface area (Å²) in [6, 6.07) is 0. The zero-order valence-corrected chi connectivity index (χ0v) is 16.2. The van der Waals surface area contributed by atoms with Gasteiger partial charge in [0.2, 0.25) is 0 Å². The van der Waals surface area contributed by atoms with Crippen molar-refractivity contribution in [3.8, 4) is 0 Å². The predicted octanol–water partition coefficient (Wildman–Crippen LogP) is 3.34. The van der Waals surface area contributed by atoms with Crippen LogP contribution in [0.5, 0.6) is 0 Å². The summed E-state index contributed by atoms with van der Waals surface area (Å²) in [5, 5.41) is 8.60. The summed E-state index contributed by atoms with van der Waals surface area (Å²) < 4.78 is 14.7. The number of carbonyl (C=O) groups is 1. The summed E-state index contributed by atoms with van der Waals surface area (Å²) in [7, 11) is 0. The number of Topliss-reactive ketones (excluding diaryl/α,β-unsaturated/α-hetero) is 1. The molecule has 3 aliphatic heterocycles. The van der Waals surface area contributed by atoms with E-state index in [1.165, 1.54) is 12.8 Å². The molecule has 0 saturated carbocycles. The van der Waals surface area contributed by atoms with Gasteiger partial charge in [0.05, 0.1) is 25.4 Å². The van der Waals surface area contributed by atoms with E-state index < -0.39 is 0 Å². The van der Waals surface area contributed by atoms with Crippen LogP contribution in [-0.2, 0) is 19.0 Å². The molecule has 3 saturated heterocycles. The molecule has 0 spiro atoms. The Kier molecular flexibility index (Phi) is 20.0. The Morgan fingerprint density at radius 1 is 1.14 bits per heavy atom. The monoisotopic (exact) mass is 530 g/mol.